The molecule has 4 aromatic rings. The van der Waals surface area contributed by atoms with Gasteiger partial charge in [-0.3, -0.25) is 4.79 Å². The molecule has 0 saturated carbocycles. The van der Waals surface area contributed by atoms with Crippen molar-refractivity contribution in [3.63, 3.8) is 0 Å². The van der Waals surface area contributed by atoms with Crippen molar-refractivity contribution in [2.45, 2.75) is 33.3 Å². The first-order valence-corrected chi connectivity index (χ1v) is 11.8. The molecule has 6 heteroatoms. The van der Waals surface area contributed by atoms with Crippen LogP contribution in [0.15, 0.2) is 83.5 Å². The molecule has 0 aliphatic heterocycles. The maximum atomic E-state index is 12.7. The van der Waals surface area contributed by atoms with E-state index >= 15 is 0 Å². The Morgan fingerprint density at radius 2 is 1.57 bits per heavy atom. The van der Waals surface area contributed by atoms with Gasteiger partial charge < -0.3 is 18.6 Å². The highest BCUT2D eigenvalue weighted by atomic mass is 16.5. The lowest BCUT2D eigenvalue weighted by molar-refractivity contribution is 0.0979. The second-order valence-corrected chi connectivity index (χ2v) is 7.87. The van der Waals surface area contributed by atoms with E-state index in [-0.39, 0.29) is 5.78 Å². The van der Waals surface area contributed by atoms with Gasteiger partial charge in [0.25, 0.3) is 0 Å². The predicted molar refractivity (Wildman–Crippen MR) is 134 cm³/mol. The molecule has 3 aromatic carbocycles. The average Bonchev–Trinajstić information content (AvgIpc) is 3.37. The van der Waals surface area contributed by atoms with E-state index in [1.54, 1.807) is 12.3 Å². The van der Waals surface area contributed by atoms with Crippen molar-refractivity contribution < 1.29 is 23.4 Å². The number of oxazole rings is 1. The third kappa shape index (κ3) is 6.29. The van der Waals surface area contributed by atoms with Crippen molar-refractivity contribution in [2.24, 2.45) is 0 Å². The summed E-state index contributed by atoms with van der Waals surface area (Å²) >= 11 is 0. The molecule has 4 rings (SSSR count). The number of nitrogens with zero attached hydrogens (tertiary/aromatic N) is 1. The summed E-state index contributed by atoms with van der Waals surface area (Å²) in [7, 11) is 0. The van der Waals surface area contributed by atoms with Crippen molar-refractivity contribution in [2.75, 3.05) is 13.2 Å². The van der Waals surface area contributed by atoms with Gasteiger partial charge in [0.15, 0.2) is 17.3 Å². The Morgan fingerprint density at radius 3 is 2.37 bits per heavy atom. The quantitative estimate of drug-likeness (QED) is 0.219. The summed E-state index contributed by atoms with van der Waals surface area (Å²) in [4.78, 5) is 17.3. The zero-order valence-corrected chi connectivity index (χ0v) is 20.0. The standard InChI is InChI=1S/C29H29NO5/c1-3-32-26-13-9-8-12-24(26)25(31)16-15-23-20-35-29(30-23)22-14-17-27(28(18-22)33-4-2)34-19-21-10-6-5-7-11-21/h5-14,17-18,20H,3-4,15-16,19H2,1-2H3. The van der Waals surface area contributed by atoms with Gasteiger partial charge in [-0.2, -0.15) is 0 Å². The van der Waals surface area contributed by atoms with E-state index in [0.717, 1.165) is 11.1 Å². The molecule has 0 unspecified atom stereocenters. The third-order valence-electron chi connectivity index (χ3n) is 5.37. The van der Waals surface area contributed by atoms with Crippen LogP contribution in [0.2, 0.25) is 0 Å². The summed E-state index contributed by atoms with van der Waals surface area (Å²) in [5, 5.41) is 0. The largest absolute Gasteiger partial charge is 0.493 e. The zero-order chi connectivity index (χ0) is 24.5. The first-order chi connectivity index (χ1) is 17.2. The molecule has 0 amide bonds. The molecule has 0 radical (unpaired) electrons. The predicted octanol–water partition coefficient (Wildman–Crippen LogP) is 6.53. The number of aromatic nitrogens is 1. The van der Waals surface area contributed by atoms with Crippen LogP contribution in [0.4, 0.5) is 0 Å². The minimum Gasteiger partial charge on any atom is -0.493 e. The van der Waals surface area contributed by atoms with E-state index in [4.69, 9.17) is 18.6 Å². The van der Waals surface area contributed by atoms with Gasteiger partial charge in [-0.05, 0) is 49.7 Å². The topological polar surface area (TPSA) is 70.8 Å². The van der Waals surface area contributed by atoms with Crippen LogP contribution in [0, 0.1) is 0 Å². The molecule has 0 aliphatic rings. The Kier molecular flexibility index (Phi) is 8.17. The number of carbonyl (C=O) groups excluding carboxylic acids is 1. The molecule has 0 atom stereocenters. The van der Waals surface area contributed by atoms with Crippen LogP contribution in [0.25, 0.3) is 11.5 Å². The van der Waals surface area contributed by atoms with Crippen LogP contribution < -0.4 is 14.2 Å². The summed E-state index contributed by atoms with van der Waals surface area (Å²) in [5.41, 5.74) is 3.16. The van der Waals surface area contributed by atoms with Crippen LogP contribution in [-0.2, 0) is 13.0 Å². The van der Waals surface area contributed by atoms with Crippen LogP contribution in [-0.4, -0.2) is 24.0 Å². The summed E-state index contributed by atoms with van der Waals surface area (Å²) in [6.45, 7) is 5.29. The fourth-order valence-corrected chi connectivity index (χ4v) is 3.67. The van der Waals surface area contributed by atoms with E-state index < -0.39 is 0 Å². The maximum Gasteiger partial charge on any atom is 0.226 e. The monoisotopic (exact) mass is 471 g/mol. The molecule has 0 bridgehead atoms. The number of aryl methyl sites for hydroxylation is 1. The first-order valence-electron chi connectivity index (χ1n) is 11.8. The van der Waals surface area contributed by atoms with E-state index in [2.05, 4.69) is 4.98 Å². The van der Waals surface area contributed by atoms with E-state index in [1.165, 1.54) is 0 Å². The lowest BCUT2D eigenvalue weighted by atomic mass is 10.0. The zero-order valence-electron chi connectivity index (χ0n) is 20.0. The SMILES string of the molecule is CCOc1cc(-c2nc(CCC(=O)c3ccccc3OCC)co2)ccc1OCc1ccccc1. The molecule has 0 fully saturated rings. The Hall–Kier alpha value is -4.06. The normalized spacial score (nSPS) is 10.7. The average molecular weight is 472 g/mol. The van der Waals surface area contributed by atoms with Crippen molar-refractivity contribution in [3.05, 3.63) is 95.9 Å². The maximum absolute atomic E-state index is 12.7. The second kappa shape index (κ2) is 11.9. The first kappa shape index (κ1) is 24.1. The second-order valence-electron chi connectivity index (χ2n) is 7.87. The van der Waals surface area contributed by atoms with Crippen LogP contribution in [0.5, 0.6) is 17.2 Å². The highest BCUT2D eigenvalue weighted by Crippen LogP contribution is 2.33. The van der Waals surface area contributed by atoms with Crippen molar-refractivity contribution in [1.82, 2.24) is 4.98 Å². The number of carbonyl (C=O) groups is 1. The van der Waals surface area contributed by atoms with Crippen LogP contribution >= 0.6 is 0 Å². The smallest absolute Gasteiger partial charge is 0.226 e. The van der Waals surface area contributed by atoms with Gasteiger partial charge in [0.05, 0.1) is 24.5 Å². The summed E-state index contributed by atoms with van der Waals surface area (Å²) in [6, 6.07) is 22.9. The van der Waals surface area contributed by atoms with Gasteiger partial charge in [0.2, 0.25) is 5.89 Å². The fraction of sp³-hybridized carbons (Fsp3) is 0.241. The molecular formula is C29H29NO5. The van der Waals surface area contributed by atoms with Gasteiger partial charge in [-0.1, -0.05) is 42.5 Å². The number of hydrogen-bond acceptors (Lipinski definition) is 6. The van der Waals surface area contributed by atoms with Gasteiger partial charge in [-0.15, -0.1) is 0 Å². The van der Waals surface area contributed by atoms with Gasteiger partial charge >= 0.3 is 0 Å². The number of Topliss-reactive ketones (excluding diaryl/α,β-unsaturated/α-hetero) is 1. The minimum atomic E-state index is 0.0112. The van der Waals surface area contributed by atoms with Crippen molar-refractivity contribution >= 4 is 5.78 Å². The number of para-hydroxylation sites is 1. The molecule has 0 aliphatic carbocycles. The Labute approximate surface area is 205 Å². The lowest BCUT2D eigenvalue weighted by Gasteiger charge is -2.12. The van der Waals surface area contributed by atoms with E-state index in [9.17, 15) is 4.79 Å². The minimum absolute atomic E-state index is 0.0112. The number of ether oxygens (including phenoxy) is 3. The highest BCUT2D eigenvalue weighted by molar-refractivity contribution is 5.98. The molecular weight excluding hydrogens is 442 g/mol. The molecule has 1 aromatic heterocycles. The van der Waals surface area contributed by atoms with Gasteiger partial charge in [0.1, 0.15) is 18.6 Å². The number of ketones is 1. The number of benzene rings is 3. The third-order valence-corrected chi connectivity index (χ3v) is 5.37. The Balaban J connectivity index is 1.43. The molecule has 180 valence electrons. The van der Waals surface area contributed by atoms with Crippen molar-refractivity contribution in [1.29, 1.82) is 0 Å². The summed E-state index contributed by atoms with van der Waals surface area (Å²) in [6.07, 6.45) is 2.38. The summed E-state index contributed by atoms with van der Waals surface area (Å²) < 4.78 is 23.1. The van der Waals surface area contributed by atoms with Crippen molar-refractivity contribution in [3.8, 4) is 28.7 Å². The van der Waals surface area contributed by atoms with Gasteiger partial charge in [0, 0.05) is 18.4 Å². The van der Waals surface area contributed by atoms with Crippen LogP contribution in [0.3, 0.4) is 0 Å². The molecule has 0 saturated heterocycles. The molecule has 6 nitrogen and oxygen atoms in total. The van der Waals surface area contributed by atoms with Crippen LogP contribution in [0.1, 0.15) is 41.9 Å². The lowest BCUT2D eigenvalue weighted by Crippen LogP contribution is -2.05. The Bertz CT molecular complexity index is 1250. The summed E-state index contributed by atoms with van der Waals surface area (Å²) in [5.74, 6) is 2.38. The fourth-order valence-electron chi connectivity index (χ4n) is 3.67. The number of hydrogen-bond donors (Lipinski definition) is 0. The van der Waals surface area contributed by atoms with E-state index in [0.29, 0.717) is 67.1 Å². The molecule has 35 heavy (non-hydrogen) atoms. The highest BCUT2D eigenvalue weighted by Gasteiger charge is 2.15. The molecule has 0 spiro atoms. The van der Waals surface area contributed by atoms with E-state index in [1.807, 2.05) is 80.6 Å². The van der Waals surface area contributed by atoms with Gasteiger partial charge in [-0.25, -0.2) is 4.98 Å². The molecule has 0 N–H and O–H groups in total. The number of rotatable bonds is 12. The Morgan fingerprint density at radius 1 is 0.829 bits per heavy atom. The molecule has 1 heterocycles.